The SMILES string of the molecule is CC(c1ccc(NC(=O)C(NC(=O)C(F)(F)c2cccc(C#N)c2)C2CCCCC2)c(F)c1)C(NC(=O)NC1CC1)C(=O)N1CCN(C)CC1. The number of benzene rings is 2. The summed E-state index contributed by atoms with van der Waals surface area (Å²) in [5.41, 5.74) is -0.555. The van der Waals surface area contributed by atoms with Gasteiger partial charge in [0, 0.05) is 43.7 Å². The smallest absolute Gasteiger partial charge is 0.338 e. The van der Waals surface area contributed by atoms with Gasteiger partial charge in [-0.15, -0.1) is 0 Å². The van der Waals surface area contributed by atoms with Crippen LogP contribution in [0.2, 0.25) is 0 Å². The fraction of sp³-hybridized carbons (Fsp3) is 0.528. The van der Waals surface area contributed by atoms with Crippen molar-refractivity contribution in [3.8, 4) is 6.07 Å². The summed E-state index contributed by atoms with van der Waals surface area (Å²) in [4.78, 5) is 56.8. The predicted octanol–water partition coefficient (Wildman–Crippen LogP) is 4.20. The van der Waals surface area contributed by atoms with Gasteiger partial charge in [0.05, 0.1) is 17.3 Å². The minimum absolute atomic E-state index is 0.0443. The standard InChI is InChI=1S/C36H44F3N7O4/c1-22(30(44-35(50)41-27-12-13-27)33(48)46-17-15-45(2)16-18-46)25-11-14-29(28(37)20-25)42-32(47)31(24-8-4-3-5-9-24)43-34(49)36(38,39)26-10-6-7-23(19-26)21-40/h6-7,10-11,14,19-20,22,24,27,30-31H,3-5,8-9,12-13,15-18H2,1-2H3,(H,42,47)(H,43,49)(H2,41,44,50). The van der Waals surface area contributed by atoms with E-state index in [1.54, 1.807) is 24.0 Å². The van der Waals surface area contributed by atoms with Gasteiger partial charge in [0.15, 0.2) is 0 Å². The molecule has 0 radical (unpaired) electrons. The van der Waals surface area contributed by atoms with Gasteiger partial charge in [0.2, 0.25) is 11.8 Å². The number of rotatable bonds is 11. The molecule has 11 nitrogen and oxygen atoms in total. The first-order chi connectivity index (χ1) is 23.9. The van der Waals surface area contributed by atoms with Gasteiger partial charge < -0.3 is 31.1 Å². The monoisotopic (exact) mass is 695 g/mol. The van der Waals surface area contributed by atoms with Crippen LogP contribution in [0.3, 0.4) is 0 Å². The lowest BCUT2D eigenvalue weighted by molar-refractivity contribution is -0.149. The zero-order valence-electron chi connectivity index (χ0n) is 28.3. The molecule has 2 aromatic rings. The lowest BCUT2D eigenvalue weighted by Gasteiger charge is -2.36. The average Bonchev–Trinajstić information content (AvgIpc) is 3.94. The van der Waals surface area contributed by atoms with E-state index in [-0.39, 0.29) is 23.2 Å². The third kappa shape index (κ3) is 8.93. The molecule has 1 aliphatic heterocycles. The number of piperazine rings is 1. The zero-order chi connectivity index (χ0) is 36.0. The van der Waals surface area contributed by atoms with Gasteiger partial charge in [-0.3, -0.25) is 14.4 Å². The number of hydrogen-bond acceptors (Lipinski definition) is 6. The van der Waals surface area contributed by atoms with Crippen molar-refractivity contribution in [3.05, 3.63) is 65.0 Å². The van der Waals surface area contributed by atoms with Gasteiger partial charge >= 0.3 is 12.0 Å². The Hall–Kier alpha value is -4.64. The van der Waals surface area contributed by atoms with Crippen LogP contribution in [0, 0.1) is 23.1 Å². The third-order valence-corrected chi connectivity index (χ3v) is 9.89. The number of alkyl halides is 2. The number of anilines is 1. The van der Waals surface area contributed by atoms with Crippen LogP contribution in [-0.4, -0.2) is 84.9 Å². The summed E-state index contributed by atoms with van der Waals surface area (Å²) >= 11 is 0. The molecule has 2 aromatic carbocycles. The van der Waals surface area contributed by atoms with E-state index in [1.165, 1.54) is 24.3 Å². The number of nitriles is 1. The van der Waals surface area contributed by atoms with Gasteiger partial charge in [-0.2, -0.15) is 14.0 Å². The molecular weight excluding hydrogens is 651 g/mol. The highest BCUT2D eigenvalue weighted by Crippen LogP contribution is 2.32. The van der Waals surface area contributed by atoms with Crippen molar-refractivity contribution in [1.29, 1.82) is 5.26 Å². The Balaban J connectivity index is 1.32. The van der Waals surface area contributed by atoms with Crippen molar-refractivity contribution in [2.75, 3.05) is 38.5 Å². The van der Waals surface area contributed by atoms with Crippen LogP contribution in [0.5, 0.6) is 0 Å². The highest BCUT2D eigenvalue weighted by Gasteiger charge is 2.44. The summed E-state index contributed by atoms with van der Waals surface area (Å²) in [7, 11) is 1.96. The molecule has 3 unspecified atom stereocenters. The third-order valence-electron chi connectivity index (χ3n) is 9.89. The molecule has 14 heteroatoms. The molecule has 4 N–H and O–H groups in total. The maximum absolute atomic E-state index is 15.7. The van der Waals surface area contributed by atoms with Gasteiger partial charge in [-0.05, 0) is 68.5 Å². The number of likely N-dealkylation sites (N-methyl/N-ethyl adjacent to an activating group) is 1. The molecule has 0 aromatic heterocycles. The Labute approximate surface area is 289 Å². The second kappa shape index (κ2) is 15.9. The fourth-order valence-electron chi connectivity index (χ4n) is 6.55. The quantitative estimate of drug-likeness (QED) is 0.277. The Morgan fingerprint density at radius 2 is 1.64 bits per heavy atom. The Bertz CT molecular complexity index is 1610. The molecule has 2 saturated carbocycles. The number of urea groups is 1. The van der Waals surface area contributed by atoms with E-state index in [2.05, 4.69) is 26.2 Å². The summed E-state index contributed by atoms with van der Waals surface area (Å²) in [5.74, 6) is -8.79. The van der Waals surface area contributed by atoms with Crippen LogP contribution in [0.15, 0.2) is 42.5 Å². The van der Waals surface area contributed by atoms with Gasteiger partial charge in [-0.25, -0.2) is 9.18 Å². The van der Waals surface area contributed by atoms with E-state index in [4.69, 9.17) is 5.26 Å². The highest BCUT2D eigenvalue weighted by molar-refractivity contribution is 5.98. The second-order valence-corrected chi connectivity index (χ2v) is 13.6. The summed E-state index contributed by atoms with van der Waals surface area (Å²) in [5, 5.41) is 19.5. The first kappa shape index (κ1) is 36.6. The molecule has 5 rings (SSSR count). The normalized spacial score (nSPS) is 19.0. The molecule has 3 aliphatic rings. The number of amides is 5. The molecular formula is C36H44F3N7O4. The summed E-state index contributed by atoms with van der Waals surface area (Å²) in [6, 6.07) is 7.58. The van der Waals surface area contributed by atoms with Crippen LogP contribution in [0.1, 0.15) is 74.5 Å². The average molecular weight is 696 g/mol. The van der Waals surface area contributed by atoms with E-state index >= 15 is 13.2 Å². The van der Waals surface area contributed by atoms with Crippen molar-refractivity contribution in [1.82, 2.24) is 25.8 Å². The zero-order valence-corrected chi connectivity index (χ0v) is 28.3. The number of nitrogens with zero attached hydrogens (tertiary/aromatic N) is 3. The van der Waals surface area contributed by atoms with Gasteiger partial charge in [-0.1, -0.05) is 44.4 Å². The minimum atomic E-state index is -4.04. The van der Waals surface area contributed by atoms with Crippen molar-refractivity contribution in [2.24, 2.45) is 5.92 Å². The lowest BCUT2D eigenvalue weighted by atomic mass is 9.83. The Morgan fingerprint density at radius 3 is 2.28 bits per heavy atom. The molecule has 3 fully saturated rings. The number of carbonyl (C=O) groups is 4. The molecule has 2 aliphatic carbocycles. The van der Waals surface area contributed by atoms with E-state index in [9.17, 15) is 19.2 Å². The molecule has 0 bridgehead atoms. The summed E-state index contributed by atoms with van der Waals surface area (Å²) in [6.07, 6.45) is 5.14. The molecule has 268 valence electrons. The summed E-state index contributed by atoms with van der Waals surface area (Å²) in [6.45, 7) is 4.04. The number of nitrogens with one attached hydrogen (secondary N) is 4. The van der Waals surface area contributed by atoms with Crippen LogP contribution >= 0.6 is 0 Å². The molecule has 5 amide bonds. The fourth-order valence-corrected chi connectivity index (χ4v) is 6.55. The van der Waals surface area contributed by atoms with Crippen molar-refractivity contribution in [2.45, 2.75) is 81.8 Å². The predicted molar refractivity (Wildman–Crippen MR) is 180 cm³/mol. The Kier molecular flexibility index (Phi) is 11.7. The molecule has 1 heterocycles. The van der Waals surface area contributed by atoms with Crippen LogP contribution in [0.4, 0.5) is 23.7 Å². The minimum Gasteiger partial charge on any atom is -0.338 e. The maximum Gasteiger partial charge on any atom is 0.349 e. The lowest BCUT2D eigenvalue weighted by Crippen LogP contribution is -2.57. The molecule has 3 atom stereocenters. The van der Waals surface area contributed by atoms with Gasteiger partial charge in [0.1, 0.15) is 17.9 Å². The van der Waals surface area contributed by atoms with Crippen LogP contribution < -0.4 is 21.3 Å². The van der Waals surface area contributed by atoms with E-state index in [1.807, 2.05) is 7.05 Å². The first-order valence-electron chi connectivity index (χ1n) is 17.2. The van der Waals surface area contributed by atoms with Crippen molar-refractivity contribution in [3.63, 3.8) is 0 Å². The maximum atomic E-state index is 15.7. The van der Waals surface area contributed by atoms with E-state index in [0.29, 0.717) is 44.6 Å². The van der Waals surface area contributed by atoms with Gasteiger partial charge in [0.25, 0.3) is 5.91 Å². The van der Waals surface area contributed by atoms with Crippen LogP contribution in [-0.2, 0) is 20.3 Å². The molecule has 50 heavy (non-hydrogen) atoms. The second-order valence-electron chi connectivity index (χ2n) is 13.6. The van der Waals surface area contributed by atoms with Crippen molar-refractivity contribution >= 4 is 29.4 Å². The Morgan fingerprint density at radius 1 is 0.940 bits per heavy atom. The van der Waals surface area contributed by atoms with Crippen LogP contribution in [0.25, 0.3) is 0 Å². The van der Waals surface area contributed by atoms with E-state index in [0.717, 1.165) is 44.2 Å². The topological polar surface area (TPSA) is 147 Å². The largest absolute Gasteiger partial charge is 0.349 e. The number of carbonyl (C=O) groups excluding carboxylic acids is 4. The molecule has 0 spiro atoms. The highest BCUT2D eigenvalue weighted by atomic mass is 19.3. The van der Waals surface area contributed by atoms with Crippen molar-refractivity contribution < 1.29 is 32.3 Å². The number of halogens is 3. The summed E-state index contributed by atoms with van der Waals surface area (Å²) < 4.78 is 46.3. The number of hydrogen-bond donors (Lipinski definition) is 4. The molecule has 1 saturated heterocycles. The van der Waals surface area contributed by atoms with E-state index < -0.39 is 59.1 Å². The first-order valence-corrected chi connectivity index (χ1v) is 17.2.